The monoisotopic (exact) mass is 270 g/mol. The van der Waals surface area contributed by atoms with Gasteiger partial charge in [0, 0.05) is 10.6 Å². The first-order chi connectivity index (χ1) is 8.56. The number of rotatable bonds is 5. The summed E-state index contributed by atoms with van der Waals surface area (Å²) >= 11 is 1.53. The number of aliphatic hydroxyl groups excluding tert-OH is 1. The third-order valence-electron chi connectivity index (χ3n) is 2.11. The van der Waals surface area contributed by atoms with E-state index in [9.17, 15) is 9.59 Å². The molecule has 0 bridgehead atoms. The SMILES string of the molecule is CSc1cccc(NC(=O)N[C@H](CO)C(=O)O)c1. The molecule has 0 saturated carbocycles. The first-order valence-electron chi connectivity index (χ1n) is 5.12. The maximum Gasteiger partial charge on any atom is 0.328 e. The van der Waals surface area contributed by atoms with Crippen molar-refractivity contribution in [1.82, 2.24) is 5.32 Å². The summed E-state index contributed by atoms with van der Waals surface area (Å²) in [6.45, 7) is -0.659. The summed E-state index contributed by atoms with van der Waals surface area (Å²) in [5.74, 6) is -1.29. The van der Waals surface area contributed by atoms with Crippen LogP contribution in [0.5, 0.6) is 0 Å². The molecule has 1 rings (SSSR count). The standard InChI is InChI=1S/C11H14N2O4S/c1-18-8-4-2-3-7(5-8)12-11(17)13-9(6-14)10(15)16/h2-5,9,14H,6H2,1H3,(H,15,16)(H2,12,13,17)/t9-/m1/s1. The van der Waals surface area contributed by atoms with Crippen molar-refractivity contribution >= 4 is 29.4 Å². The lowest BCUT2D eigenvalue weighted by molar-refractivity contribution is -0.140. The Bertz CT molecular complexity index is 439. The first-order valence-corrected chi connectivity index (χ1v) is 6.34. The average Bonchev–Trinajstić information content (AvgIpc) is 2.35. The molecule has 0 aliphatic carbocycles. The summed E-state index contributed by atoms with van der Waals surface area (Å²) in [5.41, 5.74) is 0.557. The van der Waals surface area contributed by atoms with E-state index in [0.717, 1.165) is 4.90 Å². The minimum atomic E-state index is -1.31. The maximum absolute atomic E-state index is 11.5. The molecule has 0 aliphatic rings. The Hall–Kier alpha value is -1.73. The number of carbonyl (C=O) groups excluding carboxylic acids is 1. The highest BCUT2D eigenvalue weighted by Crippen LogP contribution is 2.18. The smallest absolute Gasteiger partial charge is 0.328 e. The number of hydrogen-bond acceptors (Lipinski definition) is 4. The molecule has 0 unspecified atom stereocenters. The lowest BCUT2D eigenvalue weighted by atomic mass is 10.3. The van der Waals surface area contributed by atoms with Crippen LogP contribution in [-0.4, -0.2) is 41.1 Å². The Balaban J connectivity index is 2.61. The van der Waals surface area contributed by atoms with E-state index in [1.165, 1.54) is 11.8 Å². The second-order valence-corrected chi connectivity index (χ2v) is 4.28. The normalized spacial score (nSPS) is 11.7. The van der Waals surface area contributed by atoms with Crippen LogP contribution in [-0.2, 0) is 4.79 Å². The first kappa shape index (κ1) is 14.3. The molecule has 1 aromatic carbocycles. The van der Waals surface area contributed by atoms with Crippen LogP contribution in [0.3, 0.4) is 0 Å². The summed E-state index contributed by atoms with van der Waals surface area (Å²) in [6.07, 6.45) is 1.91. The van der Waals surface area contributed by atoms with Gasteiger partial charge in [0.1, 0.15) is 0 Å². The van der Waals surface area contributed by atoms with Crippen LogP contribution < -0.4 is 10.6 Å². The molecule has 7 heteroatoms. The van der Waals surface area contributed by atoms with Gasteiger partial charge >= 0.3 is 12.0 Å². The van der Waals surface area contributed by atoms with Crippen molar-refractivity contribution in [2.24, 2.45) is 0 Å². The Labute approximate surface area is 108 Å². The lowest BCUT2D eigenvalue weighted by Crippen LogP contribution is -2.45. The molecule has 2 amide bonds. The van der Waals surface area contributed by atoms with E-state index < -0.39 is 24.6 Å². The topological polar surface area (TPSA) is 98.7 Å². The molecule has 18 heavy (non-hydrogen) atoms. The van der Waals surface area contributed by atoms with Crippen LogP contribution in [0.4, 0.5) is 10.5 Å². The van der Waals surface area contributed by atoms with Gasteiger partial charge in [-0.3, -0.25) is 0 Å². The zero-order valence-corrected chi connectivity index (χ0v) is 10.5. The number of anilines is 1. The van der Waals surface area contributed by atoms with Crippen LogP contribution in [0.25, 0.3) is 0 Å². The Morgan fingerprint density at radius 3 is 2.72 bits per heavy atom. The second kappa shape index (κ2) is 6.87. The van der Waals surface area contributed by atoms with Crippen molar-refractivity contribution in [3.05, 3.63) is 24.3 Å². The summed E-state index contributed by atoms with van der Waals surface area (Å²) in [6, 6.07) is 5.14. The van der Waals surface area contributed by atoms with E-state index >= 15 is 0 Å². The molecular formula is C11H14N2O4S. The van der Waals surface area contributed by atoms with Crippen molar-refractivity contribution in [2.75, 3.05) is 18.2 Å². The molecule has 0 heterocycles. The van der Waals surface area contributed by atoms with Crippen LogP contribution in [0.2, 0.25) is 0 Å². The highest BCUT2D eigenvalue weighted by atomic mass is 32.2. The minimum Gasteiger partial charge on any atom is -0.480 e. The van der Waals surface area contributed by atoms with Crippen LogP contribution in [0, 0.1) is 0 Å². The predicted molar refractivity (Wildman–Crippen MR) is 68.9 cm³/mol. The molecule has 98 valence electrons. The number of aliphatic carboxylic acids is 1. The zero-order valence-electron chi connectivity index (χ0n) is 9.71. The van der Waals surface area contributed by atoms with E-state index in [-0.39, 0.29) is 0 Å². The van der Waals surface area contributed by atoms with Gasteiger partial charge in [-0.05, 0) is 24.5 Å². The lowest BCUT2D eigenvalue weighted by Gasteiger charge is -2.12. The number of carboxylic acids is 1. The fourth-order valence-electron chi connectivity index (χ4n) is 1.21. The third-order valence-corrected chi connectivity index (χ3v) is 2.84. The van der Waals surface area contributed by atoms with Gasteiger partial charge in [-0.2, -0.15) is 0 Å². The van der Waals surface area contributed by atoms with Crippen molar-refractivity contribution in [3.63, 3.8) is 0 Å². The number of urea groups is 1. The number of nitrogens with one attached hydrogen (secondary N) is 2. The number of thioether (sulfide) groups is 1. The molecule has 1 atom stereocenters. The van der Waals surface area contributed by atoms with Crippen LogP contribution in [0.1, 0.15) is 0 Å². The van der Waals surface area contributed by atoms with Crippen molar-refractivity contribution in [3.8, 4) is 0 Å². The van der Waals surface area contributed by atoms with Gasteiger partial charge in [0.25, 0.3) is 0 Å². The number of aliphatic hydroxyl groups is 1. The third kappa shape index (κ3) is 4.27. The Morgan fingerprint density at radius 1 is 1.44 bits per heavy atom. The van der Waals surface area contributed by atoms with Gasteiger partial charge in [-0.1, -0.05) is 6.07 Å². The highest BCUT2D eigenvalue weighted by molar-refractivity contribution is 7.98. The molecule has 0 aromatic heterocycles. The molecular weight excluding hydrogens is 256 g/mol. The number of hydrogen-bond donors (Lipinski definition) is 4. The van der Waals surface area contributed by atoms with E-state index in [1.807, 2.05) is 12.3 Å². The van der Waals surface area contributed by atoms with Crippen LogP contribution in [0.15, 0.2) is 29.2 Å². The quantitative estimate of drug-likeness (QED) is 0.598. The van der Waals surface area contributed by atoms with Gasteiger partial charge in [0.2, 0.25) is 0 Å². The van der Waals surface area contributed by atoms with E-state index in [1.54, 1.807) is 18.2 Å². The predicted octanol–water partition coefficient (Wildman–Crippen LogP) is 0.976. The van der Waals surface area contributed by atoms with Gasteiger partial charge in [-0.25, -0.2) is 9.59 Å². The summed E-state index contributed by atoms with van der Waals surface area (Å²) < 4.78 is 0. The minimum absolute atomic E-state index is 0.557. The Kier molecular flexibility index (Phi) is 5.47. The van der Waals surface area contributed by atoms with Gasteiger partial charge in [-0.15, -0.1) is 11.8 Å². The number of benzene rings is 1. The van der Waals surface area contributed by atoms with E-state index in [4.69, 9.17) is 10.2 Å². The number of amides is 2. The average molecular weight is 270 g/mol. The number of carbonyl (C=O) groups is 2. The van der Waals surface area contributed by atoms with Crippen molar-refractivity contribution in [1.29, 1.82) is 0 Å². The van der Waals surface area contributed by atoms with Gasteiger partial charge < -0.3 is 20.8 Å². The van der Waals surface area contributed by atoms with Crippen molar-refractivity contribution < 1.29 is 19.8 Å². The molecule has 0 aliphatic heterocycles. The molecule has 0 fully saturated rings. The highest BCUT2D eigenvalue weighted by Gasteiger charge is 2.18. The second-order valence-electron chi connectivity index (χ2n) is 3.40. The molecule has 0 radical (unpaired) electrons. The molecule has 6 nitrogen and oxygen atoms in total. The fraction of sp³-hybridized carbons (Fsp3) is 0.273. The largest absolute Gasteiger partial charge is 0.480 e. The zero-order chi connectivity index (χ0) is 13.5. The Morgan fingerprint density at radius 2 is 2.17 bits per heavy atom. The van der Waals surface area contributed by atoms with E-state index in [2.05, 4.69) is 10.6 Å². The van der Waals surface area contributed by atoms with Gasteiger partial charge in [0.05, 0.1) is 6.61 Å². The molecule has 0 saturated heterocycles. The van der Waals surface area contributed by atoms with Gasteiger partial charge in [0.15, 0.2) is 6.04 Å². The summed E-state index contributed by atoms with van der Waals surface area (Å²) in [5, 5.41) is 22.1. The number of carboxylic acid groups (broad SMARTS) is 1. The summed E-state index contributed by atoms with van der Waals surface area (Å²) in [7, 11) is 0. The molecule has 4 N–H and O–H groups in total. The van der Waals surface area contributed by atoms with Crippen molar-refractivity contribution in [2.45, 2.75) is 10.9 Å². The molecule has 1 aromatic rings. The van der Waals surface area contributed by atoms with E-state index in [0.29, 0.717) is 5.69 Å². The maximum atomic E-state index is 11.5. The molecule has 0 spiro atoms. The fourth-order valence-corrected chi connectivity index (χ4v) is 1.67. The van der Waals surface area contributed by atoms with Crippen LogP contribution >= 0.6 is 11.8 Å². The summed E-state index contributed by atoms with van der Waals surface area (Å²) in [4.78, 5) is 23.1.